The molecule has 20 heavy (non-hydrogen) atoms. The number of nitrogens with zero attached hydrogens (tertiary/aromatic N) is 3. The predicted molar refractivity (Wildman–Crippen MR) is 68.5 cm³/mol. The highest BCUT2D eigenvalue weighted by Gasteiger charge is 2.34. The number of amides is 1. The van der Waals surface area contributed by atoms with E-state index in [1.165, 1.54) is 17.3 Å². The minimum Gasteiger partial charge on any atom is -0.444 e. The summed E-state index contributed by atoms with van der Waals surface area (Å²) in [5.41, 5.74) is -0.515. The van der Waals surface area contributed by atoms with Crippen molar-refractivity contribution < 1.29 is 18.7 Å². The Morgan fingerprint density at radius 1 is 1.45 bits per heavy atom. The first-order valence-corrected chi connectivity index (χ1v) is 6.42. The van der Waals surface area contributed by atoms with Crippen molar-refractivity contribution >= 4 is 6.09 Å². The van der Waals surface area contributed by atoms with Gasteiger partial charge in [-0.15, -0.1) is 0 Å². The van der Waals surface area contributed by atoms with Gasteiger partial charge < -0.3 is 9.47 Å². The van der Waals surface area contributed by atoms with E-state index < -0.39 is 23.7 Å². The highest BCUT2D eigenvalue weighted by Crippen LogP contribution is 2.25. The topological polar surface area (TPSA) is 64.5 Å². The third kappa shape index (κ3) is 3.41. The molecule has 1 atom stereocenters. The molecule has 0 spiro atoms. The molecule has 0 aromatic carbocycles. The highest BCUT2D eigenvalue weighted by atomic mass is 19.1. The van der Waals surface area contributed by atoms with Crippen LogP contribution in [0.5, 0.6) is 0 Å². The van der Waals surface area contributed by atoms with Crippen molar-refractivity contribution in [2.75, 3.05) is 19.8 Å². The lowest BCUT2D eigenvalue weighted by atomic mass is 10.1. The lowest BCUT2D eigenvalue weighted by Crippen LogP contribution is -2.46. The van der Waals surface area contributed by atoms with Crippen LogP contribution in [0, 0.1) is 5.95 Å². The molecule has 6 nitrogen and oxygen atoms in total. The zero-order valence-electron chi connectivity index (χ0n) is 11.8. The van der Waals surface area contributed by atoms with Crippen LogP contribution in [0.3, 0.4) is 0 Å². The fourth-order valence-electron chi connectivity index (χ4n) is 1.92. The summed E-state index contributed by atoms with van der Waals surface area (Å²) in [4.78, 5) is 21.1. The number of halogens is 1. The highest BCUT2D eigenvalue weighted by molar-refractivity contribution is 5.69. The van der Waals surface area contributed by atoms with Crippen molar-refractivity contribution in [1.29, 1.82) is 0 Å². The van der Waals surface area contributed by atoms with Crippen LogP contribution in [0.2, 0.25) is 0 Å². The first kappa shape index (κ1) is 14.6. The number of carbonyl (C=O) groups is 1. The molecule has 0 aliphatic carbocycles. The fourth-order valence-corrected chi connectivity index (χ4v) is 1.92. The second-order valence-corrected chi connectivity index (χ2v) is 5.50. The van der Waals surface area contributed by atoms with Gasteiger partial charge in [0.1, 0.15) is 17.3 Å². The van der Waals surface area contributed by atoms with E-state index in [9.17, 15) is 9.18 Å². The first-order valence-electron chi connectivity index (χ1n) is 6.42. The maximum Gasteiger partial charge on any atom is 0.411 e. The van der Waals surface area contributed by atoms with Gasteiger partial charge in [0.25, 0.3) is 0 Å². The van der Waals surface area contributed by atoms with Crippen molar-refractivity contribution in [2.24, 2.45) is 0 Å². The third-order valence-electron chi connectivity index (χ3n) is 2.75. The zero-order chi connectivity index (χ0) is 14.8. The van der Waals surface area contributed by atoms with Crippen LogP contribution in [0.4, 0.5) is 9.18 Å². The van der Waals surface area contributed by atoms with Crippen molar-refractivity contribution in [1.82, 2.24) is 14.9 Å². The van der Waals surface area contributed by atoms with E-state index in [4.69, 9.17) is 9.47 Å². The molecule has 1 saturated heterocycles. The maximum absolute atomic E-state index is 13.7. The molecule has 110 valence electrons. The number of aromatic nitrogens is 2. The number of hydrogen-bond acceptors (Lipinski definition) is 5. The number of hydrogen-bond donors (Lipinski definition) is 0. The summed E-state index contributed by atoms with van der Waals surface area (Å²) in [5, 5.41) is 0. The molecular formula is C13H18FN3O3. The Morgan fingerprint density at radius 2 is 2.15 bits per heavy atom. The molecule has 1 fully saturated rings. The molecule has 1 amide bonds. The van der Waals surface area contributed by atoms with Gasteiger partial charge in [0, 0.05) is 18.9 Å². The Balaban J connectivity index is 2.22. The van der Waals surface area contributed by atoms with E-state index >= 15 is 0 Å². The minimum absolute atomic E-state index is 0.0954. The summed E-state index contributed by atoms with van der Waals surface area (Å²) in [7, 11) is 0. The van der Waals surface area contributed by atoms with Gasteiger partial charge in [-0.1, -0.05) is 0 Å². The van der Waals surface area contributed by atoms with Gasteiger partial charge in [0.15, 0.2) is 0 Å². The number of carbonyl (C=O) groups excluding carboxylic acids is 1. The molecule has 1 aromatic heterocycles. The Hall–Kier alpha value is -1.76. The van der Waals surface area contributed by atoms with E-state index in [2.05, 4.69) is 9.97 Å². The van der Waals surface area contributed by atoms with Gasteiger partial charge in [0.05, 0.1) is 13.2 Å². The molecule has 1 aliphatic heterocycles. The Morgan fingerprint density at radius 3 is 2.80 bits per heavy atom. The van der Waals surface area contributed by atoms with Crippen LogP contribution in [0.15, 0.2) is 12.4 Å². The third-order valence-corrected chi connectivity index (χ3v) is 2.75. The quantitative estimate of drug-likeness (QED) is 0.788. The summed E-state index contributed by atoms with van der Waals surface area (Å²) in [5.74, 6) is -0.698. The molecule has 0 radical (unpaired) electrons. The SMILES string of the molecule is CC(C)(C)OC(=O)N1CCOCC1c1nccnc1F. The number of morpholine rings is 1. The van der Waals surface area contributed by atoms with Gasteiger partial charge in [-0.2, -0.15) is 4.39 Å². The predicted octanol–water partition coefficient (Wildman–Crippen LogP) is 1.92. The van der Waals surface area contributed by atoms with E-state index in [1.807, 2.05) is 0 Å². The largest absolute Gasteiger partial charge is 0.444 e. The maximum atomic E-state index is 13.7. The van der Waals surface area contributed by atoms with Crippen LogP contribution in [-0.4, -0.2) is 46.3 Å². The van der Waals surface area contributed by atoms with Gasteiger partial charge >= 0.3 is 6.09 Å². The van der Waals surface area contributed by atoms with Gasteiger partial charge in [0.2, 0.25) is 5.95 Å². The molecular weight excluding hydrogens is 265 g/mol. The zero-order valence-corrected chi connectivity index (χ0v) is 11.8. The molecule has 7 heteroatoms. The number of rotatable bonds is 1. The lowest BCUT2D eigenvalue weighted by molar-refractivity contribution is -0.0350. The summed E-state index contributed by atoms with van der Waals surface area (Å²) in [6.45, 7) is 6.23. The van der Waals surface area contributed by atoms with E-state index in [0.717, 1.165) is 0 Å². The summed E-state index contributed by atoms with van der Waals surface area (Å²) < 4.78 is 24.4. The normalized spacial score (nSPS) is 19.8. The lowest BCUT2D eigenvalue weighted by Gasteiger charge is -2.36. The molecule has 0 N–H and O–H groups in total. The second-order valence-electron chi connectivity index (χ2n) is 5.50. The first-order chi connectivity index (χ1) is 9.38. The smallest absolute Gasteiger partial charge is 0.411 e. The Labute approximate surface area is 116 Å². The van der Waals surface area contributed by atoms with Crippen molar-refractivity contribution in [3.8, 4) is 0 Å². The average Bonchev–Trinajstić information content (AvgIpc) is 2.37. The van der Waals surface area contributed by atoms with Crippen LogP contribution in [0.1, 0.15) is 32.5 Å². The summed E-state index contributed by atoms with van der Waals surface area (Å²) >= 11 is 0. The summed E-state index contributed by atoms with van der Waals surface area (Å²) in [6.07, 6.45) is 2.15. The fraction of sp³-hybridized carbons (Fsp3) is 0.615. The van der Waals surface area contributed by atoms with Gasteiger partial charge in [-0.3, -0.25) is 9.88 Å². The van der Waals surface area contributed by atoms with Crippen molar-refractivity contribution in [3.05, 3.63) is 24.0 Å². The van der Waals surface area contributed by atoms with Crippen LogP contribution in [0.25, 0.3) is 0 Å². The summed E-state index contributed by atoms with van der Waals surface area (Å²) in [6, 6.07) is -0.618. The van der Waals surface area contributed by atoms with Crippen LogP contribution < -0.4 is 0 Å². The Bertz CT molecular complexity index is 490. The van der Waals surface area contributed by atoms with E-state index in [-0.39, 0.29) is 12.3 Å². The van der Waals surface area contributed by atoms with Gasteiger partial charge in [-0.25, -0.2) is 9.78 Å². The van der Waals surface area contributed by atoms with Gasteiger partial charge in [-0.05, 0) is 20.8 Å². The monoisotopic (exact) mass is 283 g/mol. The molecule has 1 aliphatic rings. The van der Waals surface area contributed by atoms with E-state index in [0.29, 0.717) is 13.2 Å². The average molecular weight is 283 g/mol. The standard InChI is InChI=1S/C13H18FN3O3/c1-13(2,3)20-12(18)17-6-7-19-8-9(17)10-11(14)16-5-4-15-10/h4-5,9H,6-8H2,1-3H3. The second kappa shape index (κ2) is 5.70. The molecule has 2 heterocycles. The minimum atomic E-state index is -0.698. The van der Waals surface area contributed by atoms with Crippen molar-refractivity contribution in [3.63, 3.8) is 0 Å². The van der Waals surface area contributed by atoms with Crippen LogP contribution in [-0.2, 0) is 9.47 Å². The molecule has 1 unspecified atom stereocenters. The van der Waals surface area contributed by atoms with E-state index in [1.54, 1.807) is 20.8 Å². The molecule has 0 bridgehead atoms. The van der Waals surface area contributed by atoms with Crippen LogP contribution >= 0.6 is 0 Å². The Kier molecular flexibility index (Phi) is 4.17. The van der Waals surface area contributed by atoms with Crippen molar-refractivity contribution in [2.45, 2.75) is 32.4 Å². The molecule has 2 rings (SSSR count). The molecule has 1 aromatic rings. The molecule has 0 saturated carbocycles. The number of ether oxygens (including phenoxy) is 2.